The van der Waals surface area contributed by atoms with Gasteiger partial charge in [0.1, 0.15) is 0 Å². The van der Waals surface area contributed by atoms with E-state index < -0.39 is 0 Å². The van der Waals surface area contributed by atoms with Gasteiger partial charge in [0.2, 0.25) is 5.95 Å². The predicted molar refractivity (Wildman–Crippen MR) is 68.8 cm³/mol. The van der Waals surface area contributed by atoms with Crippen LogP contribution in [-0.2, 0) is 0 Å². The Balaban J connectivity index is 2.02. The van der Waals surface area contributed by atoms with Crippen LogP contribution in [-0.4, -0.2) is 16.5 Å². The molecule has 3 heteroatoms. The van der Waals surface area contributed by atoms with E-state index in [2.05, 4.69) is 47.3 Å². The number of anilines is 1. The molecule has 0 aliphatic rings. The van der Waals surface area contributed by atoms with E-state index in [0.717, 1.165) is 23.5 Å². The summed E-state index contributed by atoms with van der Waals surface area (Å²) in [6.45, 7) is 5.30. The molecular formula is C13H19N3. The minimum atomic E-state index is 0.886. The summed E-state index contributed by atoms with van der Waals surface area (Å²) in [7, 11) is 0. The van der Waals surface area contributed by atoms with Crippen molar-refractivity contribution in [2.75, 3.05) is 11.9 Å². The third-order valence-corrected chi connectivity index (χ3v) is 2.71. The first-order valence-electron chi connectivity index (χ1n) is 6.00. The van der Waals surface area contributed by atoms with Crippen molar-refractivity contribution in [3.63, 3.8) is 0 Å². The van der Waals surface area contributed by atoms with E-state index in [0.29, 0.717) is 0 Å². The van der Waals surface area contributed by atoms with E-state index in [4.69, 9.17) is 0 Å². The monoisotopic (exact) mass is 217 g/mol. The fraction of sp³-hybridized carbons (Fsp3) is 0.462. The highest BCUT2D eigenvalue weighted by molar-refractivity contribution is 5.78. The van der Waals surface area contributed by atoms with Crippen LogP contribution in [0, 0.1) is 6.92 Å². The van der Waals surface area contributed by atoms with Gasteiger partial charge in [0, 0.05) is 6.54 Å². The third-order valence-electron chi connectivity index (χ3n) is 2.71. The maximum Gasteiger partial charge on any atom is 0.201 e. The Kier molecular flexibility index (Phi) is 3.44. The lowest BCUT2D eigenvalue weighted by atomic mass is 10.2. The van der Waals surface area contributed by atoms with E-state index in [9.17, 15) is 0 Å². The zero-order valence-electron chi connectivity index (χ0n) is 10.0. The van der Waals surface area contributed by atoms with Crippen molar-refractivity contribution in [1.82, 2.24) is 9.97 Å². The van der Waals surface area contributed by atoms with Gasteiger partial charge in [-0.25, -0.2) is 4.98 Å². The molecule has 0 unspecified atom stereocenters. The quantitative estimate of drug-likeness (QED) is 0.753. The number of hydrogen-bond acceptors (Lipinski definition) is 2. The van der Waals surface area contributed by atoms with Gasteiger partial charge in [-0.2, -0.15) is 0 Å². The minimum Gasteiger partial charge on any atom is -0.356 e. The molecule has 86 valence electrons. The zero-order chi connectivity index (χ0) is 11.4. The number of aryl methyl sites for hydroxylation is 1. The minimum absolute atomic E-state index is 0.886. The summed E-state index contributed by atoms with van der Waals surface area (Å²) in [6.07, 6.45) is 3.72. The highest BCUT2D eigenvalue weighted by atomic mass is 15.1. The molecule has 0 aliphatic heterocycles. The van der Waals surface area contributed by atoms with Crippen LogP contribution < -0.4 is 5.32 Å². The predicted octanol–water partition coefficient (Wildman–Crippen LogP) is 3.47. The Hall–Kier alpha value is -1.51. The van der Waals surface area contributed by atoms with Crippen molar-refractivity contribution < 1.29 is 0 Å². The standard InChI is InChI=1S/C13H19N3/c1-3-4-5-8-14-13-15-11-7-6-10(2)9-12(11)16-13/h6-7,9H,3-5,8H2,1-2H3,(H2,14,15,16). The third kappa shape index (κ3) is 2.54. The van der Waals surface area contributed by atoms with Crippen molar-refractivity contribution in [2.24, 2.45) is 0 Å². The summed E-state index contributed by atoms with van der Waals surface area (Å²) in [5.74, 6) is 0.886. The number of hydrogen-bond donors (Lipinski definition) is 2. The highest BCUT2D eigenvalue weighted by Crippen LogP contribution is 2.15. The van der Waals surface area contributed by atoms with Gasteiger partial charge in [-0.05, 0) is 31.0 Å². The average Bonchev–Trinajstić information content (AvgIpc) is 2.66. The topological polar surface area (TPSA) is 40.7 Å². The van der Waals surface area contributed by atoms with Gasteiger partial charge < -0.3 is 10.3 Å². The molecule has 2 aromatic rings. The molecule has 0 spiro atoms. The summed E-state index contributed by atoms with van der Waals surface area (Å²) in [5.41, 5.74) is 3.40. The number of aromatic amines is 1. The Morgan fingerprint density at radius 1 is 1.31 bits per heavy atom. The Morgan fingerprint density at radius 2 is 2.19 bits per heavy atom. The van der Waals surface area contributed by atoms with Crippen LogP contribution >= 0.6 is 0 Å². The zero-order valence-corrected chi connectivity index (χ0v) is 10.0. The van der Waals surface area contributed by atoms with Gasteiger partial charge >= 0.3 is 0 Å². The summed E-state index contributed by atoms with van der Waals surface area (Å²) in [4.78, 5) is 7.78. The number of imidazole rings is 1. The maximum absolute atomic E-state index is 4.48. The summed E-state index contributed by atoms with van der Waals surface area (Å²) in [6, 6.07) is 6.27. The highest BCUT2D eigenvalue weighted by Gasteiger charge is 2.01. The largest absolute Gasteiger partial charge is 0.356 e. The number of fused-ring (bicyclic) bond motifs is 1. The van der Waals surface area contributed by atoms with Crippen molar-refractivity contribution in [3.05, 3.63) is 23.8 Å². The van der Waals surface area contributed by atoms with Crippen LogP contribution in [0.3, 0.4) is 0 Å². The molecule has 0 radical (unpaired) electrons. The second-order valence-electron chi connectivity index (χ2n) is 4.24. The van der Waals surface area contributed by atoms with Crippen LogP contribution in [0.4, 0.5) is 5.95 Å². The lowest BCUT2D eigenvalue weighted by Gasteiger charge is -2.00. The molecule has 0 saturated heterocycles. The molecule has 0 aliphatic carbocycles. The average molecular weight is 217 g/mol. The molecular weight excluding hydrogens is 198 g/mol. The van der Waals surface area contributed by atoms with Gasteiger partial charge in [0.15, 0.2) is 0 Å². The molecule has 0 atom stereocenters. The van der Waals surface area contributed by atoms with E-state index in [1.165, 1.54) is 24.8 Å². The van der Waals surface area contributed by atoms with Crippen molar-refractivity contribution in [1.29, 1.82) is 0 Å². The number of nitrogens with zero attached hydrogens (tertiary/aromatic N) is 1. The molecule has 0 bridgehead atoms. The molecule has 16 heavy (non-hydrogen) atoms. The first kappa shape index (κ1) is 11.0. The number of H-pyrrole nitrogens is 1. The number of nitrogens with one attached hydrogen (secondary N) is 2. The lowest BCUT2D eigenvalue weighted by Crippen LogP contribution is -2.02. The fourth-order valence-corrected chi connectivity index (χ4v) is 1.79. The molecule has 0 saturated carbocycles. The second kappa shape index (κ2) is 5.01. The van der Waals surface area contributed by atoms with Gasteiger partial charge in [0.05, 0.1) is 11.0 Å². The summed E-state index contributed by atoms with van der Waals surface area (Å²) < 4.78 is 0. The smallest absolute Gasteiger partial charge is 0.201 e. The molecule has 1 aromatic heterocycles. The van der Waals surface area contributed by atoms with E-state index in [1.54, 1.807) is 0 Å². The van der Waals surface area contributed by atoms with Crippen LogP contribution in [0.25, 0.3) is 11.0 Å². The number of aromatic nitrogens is 2. The first-order chi connectivity index (χ1) is 7.79. The van der Waals surface area contributed by atoms with E-state index in [-0.39, 0.29) is 0 Å². The number of unbranched alkanes of at least 4 members (excludes halogenated alkanes) is 2. The van der Waals surface area contributed by atoms with Gasteiger partial charge in [-0.3, -0.25) is 0 Å². The summed E-state index contributed by atoms with van der Waals surface area (Å²) >= 11 is 0. The fourth-order valence-electron chi connectivity index (χ4n) is 1.79. The molecule has 3 nitrogen and oxygen atoms in total. The van der Waals surface area contributed by atoms with Crippen LogP contribution in [0.15, 0.2) is 18.2 Å². The Morgan fingerprint density at radius 3 is 3.00 bits per heavy atom. The van der Waals surface area contributed by atoms with Crippen molar-refractivity contribution >= 4 is 17.0 Å². The number of rotatable bonds is 5. The van der Waals surface area contributed by atoms with Gasteiger partial charge in [-0.1, -0.05) is 25.8 Å². The van der Waals surface area contributed by atoms with Crippen LogP contribution in [0.2, 0.25) is 0 Å². The molecule has 2 rings (SSSR count). The Labute approximate surface area is 96.3 Å². The molecule has 1 aromatic carbocycles. The lowest BCUT2D eigenvalue weighted by molar-refractivity contribution is 0.741. The Bertz CT molecular complexity index is 459. The van der Waals surface area contributed by atoms with Crippen molar-refractivity contribution in [3.8, 4) is 0 Å². The summed E-state index contributed by atoms with van der Waals surface area (Å²) in [5, 5.41) is 3.32. The normalized spacial score (nSPS) is 10.9. The van der Waals surface area contributed by atoms with E-state index >= 15 is 0 Å². The first-order valence-corrected chi connectivity index (χ1v) is 6.00. The van der Waals surface area contributed by atoms with Gasteiger partial charge in [0.25, 0.3) is 0 Å². The van der Waals surface area contributed by atoms with Gasteiger partial charge in [-0.15, -0.1) is 0 Å². The van der Waals surface area contributed by atoms with E-state index in [1.807, 2.05) is 0 Å². The van der Waals surface area contributed by atoms with Crippen molar-refractivity contribution in [2.45, 2.75) is 33.1 Å². The SMILES string of the molecule is CCCCCNc1nc2ccc(C)cc2[nH]1. The molecule has 0 amide bonds. The maximum atomic E-state index is 4.48. The molecule has 0 fully saturated rings. The molecule has 2 N–H and O–H groups in total. The van der Waals surface area contributed by atoms with Crippen LogP contribution in [0.5, 0.6) is 0 Å². The second-order valence-corrected chi connectivity index (χ2v) is 4.24. The molecule has 1 heterocycles. The number of benzene rings is 1. The van der Waals surface area contributed by atoms with Crippen LogP contribution in [0.1, 0.15) is 31.7 Å².